The van der Waals surface area contributed by atoms with Gasteiger partial charge in [-0.25, -0.2) is 0 Å². The first-order valence-electron chi connectivity index (χ1n) is 9.33. The summed E-state index contributed by atoms with van der Waals surface area (Å²) in [5.41, 5.74) is 5.73. The quantitative estimate of drug-likeness (QED) is 0.599. The summed E-state index contributed by atoms with van der Waals surface area (Å²) < 4.78 is 7.57. The van der Waals surface area contributed by atoms with Crippen LogP contribution >= 0.6 is 0 Å². The van der Waals surface area contributed by atoms with Crippen LogP contribution in [0.5, 0.6) is 0 Å². The fourth-order valence-corrected chi connectivity index (χ4v) is 3.67. The third kappa shape index (κ3) is 2.82. The van der Waals surface area contributed by atoms with Crippen molar-refractivity contribution in [1.82, 2.24) is 25.2 Å². The number of hydrogen-bond donors (Lipinski definition) is 1. The zero-order valence-electron chi connectivity index (χ0n) is 15.4. The lowest BCUT2D eigenvalue weighted by Crippen LogP contribution is -2.23. The Kier molecular flexibility index (Phi) is 3.79. The van der Waals surface area contributed by atoms with E-state index in [1.807, 2.05) is 16.9 Å². The zero-order valence-corrected chi connectivity index (χ0v) is 15.4. The molecule has 4 aromatic rings. The van der Waals surface area contributed by atoms with Gasteiger partial charge in [-0.05, 0) is 62.2 Å². The Morgan fingerprint density at radius 3 is 2.85 bits per heavy atom. The Balaban J connectivity index is 1.49. The van der Waals surface area contributed by atoms with Crippen molar-refractivity contribution in [2.45, 2.75) is 32.9 Å². The summed E-state index contributed by atoms with van der Waals surface area (Å²) >= 11 is 0. The van der Waals surface area contributed by atoms with Crippen LogP contribution < -0.4 is 5.32 Å². The van der Waals surface area contributed by atoms with E-state index in [0.717, 1.165) is 41.5 Å². The summed E-state index contributed by atoms with van der Waals surface area (Å²) in [5.74, 6) is 1.16. The van der Waals surface area contributed by atoms with E-state index >= 15 is 0 Å². The smallest absolute Gasteiger partial charge is 0.258 e. The molecule has 0 saturated heterocycles. The van der Waals surface area contributed by atoms with Crippen molar-refractivity contribution in [3.05, 3.63) is 53.7 Å². The zero-order chi connectivity index (χ0) is 18.4. The first-order chi connectivity index (χ1) is 13.2. The summed E-state index contributed by atoms with van der Waals surface area (Å²) in [5, 5.41) is 13.1. The van der Waals surface area contributed by atoms with Gasteiger partial charge >= 0.3 is 0 Å². The molecule has 0 saturated carbocycles. The summed E-state index contributed by atoms with van der Waals surface area (Å²) in [6.07, 6.45) is 2.91. The van der Waals surface area contributed by atoms with Crippen molar-refractivity contribution in [2.24, 2.45) is 0 Å². The Bertz CT molecular complexity index is 1120. The van der Waals surface area contributed by atoms with E-state index in [1.165, 1.54) is 11.1 Å². The molecule has 0 radical (unpaired) electrons. The standard InChI is InChI=1S/C21H21N5O/c1-13(2)26-19-6-5-16(10-18(19)12-23-26)21-24-20(25-27-21)15-3-4-17-11-22-8-7-14(17)9-15/h3-6,9-10,12-13,22H,7-8,11H2,1-2H3. The molecule has 0 amide bonds. The summed E-state index contributed by atoms with van der Waals surface area (Å²) in [7, 11) is 0. The lowest BCUT2D eigenvalue weighted by atomic mass is 9.98. The van der Waals surface area contributed by atoms with Crippen LogP contribution in [0.15, 0.2) is 47.1 Å². The van der Waals surface area contributed by atoms with Crippen LogP contribution in [0.2, 0.25) is 0 Å². The number of rotatable bonds is 3. The Morgan fingerprint density at radius 2 is 1.96 bits per heavy atom. The third-order valence-corrected chi connectivity index (χ3v) is 5.11. The average Bonchev–Trinajstić information content (AvgIpc) is 3.34. The molecular formula is C21H21N5O. The highest BCUT2D eigenvalue weighted by atomic mass is 16.5. The van der Waals surface area contributed by atoms with Crippen LogP contribution in [0.25, 0.3) is 33.7 Å². The van der Waals surface area contributed by atoms with Crippen LogP contribution in [-0.4, -0.2) is 26.5 Å². The van der Waals surface area contributed by atoms with Gasteiger partial charge in [-0.15, -0.1) is 0 Å². The first-order valence-corrected chi connectivity index (χ1v) is 9.33. The molecule has 1 aliphatic heterocycles. The van der Waals surface area contributed by atoms with E-state index < -0.39 is 0 Å². The van der Waals surface area contributed by atoms with Gasteiger partial charge in [0.05, 0.1) is 11.7 Å². The van der Waals surface area contributed by atoms with Gasteiger partial charge in [0.25, 0.3) is 5.89 Å². The molecule has 1 aliphatic rings. The Hall–Kier alpha value is -2.99. The molecule has 2 aromatic heterocycles. The van der Waals surface area contributed by atoms with Crippen molar-refractivity contribution >= 4 is 10.9 Å². The van der Waals surface area contributed by atoms with Gasteiger partial charge in [0, 0.05) is 29.1 Å². The first kappa shape index (κ1) is 16.2. The third-order valence-electron chi connectivity index (χ3n) is 5.11. The van der Waals surface area contributed by atoms with E-state index in [9.17, 15) is 0 Å². The molecule has 0 fully saturated rings. The molecule has 136 valence electrons. The van der Waals surface area contributed by atoms with Gasteiger partial charge in [0.2, 0.25) is 5.82 Å². The SMILES string of the molecule is CC(C)n1ncc2cc(-c3nc(-c4ccc5c(c4)CCNC5)no3)ccc21. The highest BCUT2D eigenvalue weighted by molar-refractivity contribution is 5.83. The molecule has 0 unspecified atom stereocenters. The van der Waals surface area contributed by atoms with Crippen LogP contribution in [0.3, 0.4) is 0 Å². The van der Waals surface area contributed by atoms with Crippen LogP contribution in [0.4, 0.5) is 0 Å². The molecule has 1 N–H and O–H groups in total. The summed E-state index contributed by atoms with van der Waals surface area (Å²) in [6, 6.07) is 12.8. The molecule has 6 heteroatoms. The fourth-order valence-electron chi connectivity index (χ4n) is 3.67. The Labute approximate surface area is 157 Å². The van der Waals surface area contributed by atoms with E-state index in [1.54, 1.807) is 0 Å². The number of hydrogen-bond acceptors (Lipinski definition) is 5. The minimum absolute atomic E-state index is 0.322. The number of fused-ring (bicyclic) bond motifs is 2. The maximum Gasteiger partial charge on any atom is 0.258 e. The minimum atomic E-state index is 0.322. The normalized spacial score (nSPS) is 14.0. The predicted octanol–water partition coefficient (Wildman–Crippen LogP) is 3.98. The van der Waals surface area contributed by atoms with Crippen LogP contribution in [0, 0.1) is 0 Å². The maximum absolute atomic E-state index is 5.55. The average molecular weight is 359 g/mol. The van der Waals surface area contributed by atoms with E-state index in [4.69, 9.17) is 4.52 Å². The summed E-state index contributed by atoms with van der Waals surface area (Å²) in [6.45, 7) is 6.19. The van der Waals surface area contributed by atoms with Crippen molar-refractivity contribution in [1.29, 1.82) is 0 Å². The lowest BCUT2D eigenvalue weighted by molar-refractivity contribution is 0.432. The lowest BCUT2D eigenvalue weighted by Gasteiger charge is -2.17. The molecule has 0 bridgehead atoms. The van der Waals surface area contributed by atoms with Crippen LogP contribution in [0.1, 0.15) is 31.0 Å². The highest BCUT2D eigenvalue weighted by Crippen LogP contribution is 2.28. The van der Waals surface area contributed by atoms with E-state index in [2.05, 4.69) is 64.7 Å². The second-order valence-electron chi connectivity index (χ2n) is 7.29. The maximum atomic E-state index is 5.55. The second-order valence-corrected chi connectivity index (χ2v) is 7.29. The predicted molar refractivity (Wildman–Crippen MR) is 104 cm³/mol. The molecule has 6 nitrogen and oxygen atoms in total. The number of benzene rings is 2. The van der Waals surface area contributed by atoms with Crippen LogP contribution in [-0.2, 0) is 13.0 Å². The van der Waals surface area contributed by atoms with Gasteiger partial charge in [-0.3, -0.25) is 4.68 Å². The van der Waals surface area contributed by atoms with E-state index in [0.29, 0.717) is 17.8 Å². The second kappa shape index (κ2) is 6.32. The molecule has 0 aliphatic carbocycles. The molecule has 5 rings (SSSR count). The van der Waals surface area contributed by atoms with Gasteiger partial charge < -0.3 is 9.84 Å². The van der Waals surface area contributed by atoms with Gasteiger partial charge in [0.1, 0.15) is 0 Å². The minimum Gasteiger partial charge on any atom is -0.334 e. The Morgan fingerprint density at radius 1 is 1.07 bits per heavy atom. The van der Waals surface area contributed by atoms with Gasteiger partial charge in [0.15, 0.2) is 0 Å². The highest BCUT2D eigenvalue weighted by Gasteiger charge is 2.15. The van der Waals surface area contributed by atoms with Crippen molar-refractivity contribution < 1.29 is 4.52 Å². The van der Waals surface area contributed by atoms with Gasteiger partial charge in [-0.2, -0.15) is 10.1 Å². The number of nitrogens with zero attached hydrogens (tertiary/aromatic N) is 4. The molecule has 3 heterocycles. The fraction of sp³-hybridized carbons (Fsp3) is 0.286. The number of nitrogens with one attached hydrogen (secondary N) is 1. The van der Waals surface area contributed by atoms with Crippen molar-refractivity contribution in [2.75, 3.05) is 6.54 Å². The topological polar surface area (TPSA) is 68.8 Å². The molecule has 0 atom stereocenters. The molecule has 2 aromatic carbocycles. The van der Waals surface area contributed by atoms with Crippen molar-refractivity contribution in [3.8, 4) is 22.8 Å². The monoisotopic (exact) mass is 359 g/mol. The van der Waals surface area contributed by atoms with E-state index in [-0.39, 0.29) is 0 Å². The van der Waals surface area contributed by atoms with Gasteiger partial charge in [-0.1, -0.05) is 17.3 Å². The summed E-state index contributed by atoms with van der Waals surface area (Å²) in [4.78, 5) is 4.63. The van der Waals surface area contributed by atoms with Crippen molar-refractivity contribution in [3.63, 3.8) is 0 Å². The molecular weight excluding hydrogens is 338 g/mol. The molecule has 27 heavy (non-hydrogen) atoms. The number of aromatic nitrogens is 4. The largest absolute Gasteiger partial charge is 0.334 e. The molecule has 0 spiro atoms.